The molecule has 0 aromatic heterocycles. The van der Waals surface area contributed by atoms with Gasteiger partial charge in [-0.2, -0.15) is 13.2 Å². The third kappa shape index (κ3) is 6.77. The molecule has 2 saturated heterocycles. The van der Waals surface area contributed by atoms with Crippen LogP contribution in [-0.2, 0) is 14.3 Å². The highest BCUT2D eigenvalue weighted by molar-refractivity contribution is 5.93. The van der Waals surface area contributed by atoms with Crippen molar-refractivity contribution < 1.29 is 32.3 Å². The van der Waals surface area contributed by atoms with Gasteiger partial charge in [-0.25, -0.2) is 4.79 Å². The average molecular weight is 485 g/mol. The molecular formula is C23H31F3N4O4. The predicted molar refractivity (Wildman–Crippen MR) is 120 cm³/mol. The lowest BCUT2D eigenvalue weighted by atomic mass is 9.96. The second kappa shape index (κ2) is 10.1. The van der Waals surface area contributed by atoms with Gasteiger partial charge in [0.05, 0.1) is 0 Å². The molecule has 3 amide bonds. The number of carbonyl (C=O) groups is 3. The van der Waals surface area contributed by atoms with Crippen molar-refractivity contribution in [2.45, 2.75) is 45.4 Å². The number of alkyl halides is 3. The molecule has 2 aliphatic heterocycles. The minimum absolute atomic E-state index is 0.00117. The largest absolute Gasteiger partial charge is 0.471 e. The summed E-state index contributed by atoms with van der Waals surface area (Å²) >= 11 is 0. The van der Waals surface area contributed by atoms with Gasteiger partial charge in [0.1, 0.15) is 5.60 Å². The molecule has 34 heavy (non-hydrogen) atoms. The third-order valence-corrected chi connectivity index (χ3v) is 5.83. The molecule has 0 aliphatic carbocycles. The van der Waals surface area contributed by atoms with Crippen LogP contribution in [0.2, 0.25) is 0 Å². The van der Waals surface area contributed by atoms with E-state index in [4.69, 9.17) is 4.74 Å². The number of halogens is 3. The molecule has 8 nitrogen and oxygen atoms in total. The van der Waals surface area contributed by atoms with E-state index in [9.17, 15) is 27.6 Å². The van der Waals surface area contributed by atoms with Crippen molar-refractivity contribution in [2.24, 2.45) is 5.92 Å². The molecular weight excluding hydrogens is 453 g/mol. The van der Waals surface area contributed by atoms with Crippen LogP contribution in [0.25, 0.3) is 0 Å². The first-order valence-corrected chi connectivity index (χ1v) is 11.3. The van der Waals surface area contributed by atoms with E-state index >= 15 is 0 Å². The number of ether oxygens (including phenoxy) is 1. The number of carbonyl (C=O) groups excluding carboxylic acids is 3. The van der Waals surface area contributed by atoms with Gasteiger partial charge in [0.2, 0.25) is 5.91 Å². The lowest BCUT2D eigenvalue weighted by Gasteiger charge is -2.36. The quantitative estimate of drug-likeness (QED) is 0.711. The molecule has 1 N–H and O–H groups in total. The van der Waals surface area contributed by atoms with Crippen molar-refractivity contribution in [3.63, 3.8) is 0 Å². The average Bonchev–Trinajstić information content (AvgIpc) is 2.77. The van der Waals surface area contributed by atoms with Crippen molar-refractivity contribution >= 4 is 29.3 Å². The van der Waals surface area contributed by atoms with Crippen LogP contribution in [0, 0.1) is 5.92 Å². The maximum Gasteiger partial charge on any atom is 0.471 e. The normalized spacial score (nSPS) is 18.0. The van der Waals surface area contributed by atoms with Crippen molar-refractivity contribution in [3.8, 4) is 0 Å². The zero-order chi connectivity index (χ0) is 25.1. The van der Waals surface area contributed by atoms with E-state index in [0.29, 0.717) is 44.7 Å². The van der Waals surface area contributed by atoms with Crippen molar-refractivity contribution in [1.29, 1.82) is 0 Å². The molecule has 0 spiro atoms. The summed E-state index contributed by atoms with van der Waals surface area (Å²) in [4.78, 5) is 40.5. The zero-order valence-electron chi connectivity index (χ0n) is 19.7. The van der Waals surface area contributed by atoms with Gasteiger partial charge in [0.25, 0.3) is 0 Å². The molecule has 0 atom stereocenters. The highest BCUT2D eigenvalue weighted by atomic mass is 19.4. The smallest absolute Gasteiger partial charge is 0.444 e. The molecule has 0 unspecified atom stereocenters. The van der Waals surface area contributed by atoms with Gasteiger partial charge in [-0.3, -0.25) is 9.59 Å². The van der Waals surface area contributed by atoms with Gasteiger partial charge >= 0.3 is 18.2 Å². The number of hydrogen-bond acceptors (Lipinski definition) is 5. The highest BCUT2D eigenvalue weighted by Gasteiger charge is 2.43. The molecule has 1 aromatic carbocycles. The van der Waals surface area contributed by atoms with Crippen molar-refractivity contribution in [1.82, 2.24) is 9.80 Å². The topological polar surface area (TPSA) is 82.2 Å². The van der Waals surface area contributed by atoms with E-state index in [1.807, 2.05) is 25.7 Å². The number of piperazine rings is 1. The van der Waals surface area contributed by atoms with Crippen LogP contribution >= 0.6 is 0 Å². The van der Waals surface area contributed by atoms with Crippen LogP contribution in [0.3, 0.4) is 0 Å². The molecule has 0 saturated carbocycles. The first kappa shape index (κ1) is 25.6. The Labute approximate surface area is 197 Å². The summed E-state index contributed by atoms with van der Waals surface area (Å²) in [7, 11) is 0. The molecule has 3 rings (SSSR count). The van der Waals surface area contributed by atoms with Crippen LogP contribution in [0.5, 0.6) is 0 Å². The Balaban J connectivity index is 1.46. The summed E-state index contributed by atoms with van der Waals surface area (Å²) in [6.45, 7) is 6.93. The van der Waals surface area contributed by atoms with Crippen LogP contribution < -0.4 is 10.2 Å². The fourth-order valence-corrected chi connectivity index (χ4v) is 4.00. The molecule has 1 aromatic rings. The molecule has 188 valence electrons. The van der Waals surface area contributed by atoms with Gasteiger partial charge in [-0.1, -0.05) is 0 Å². The Morgan fingerprint density at radius 3 is 1.94 bits per heavy atom. The number of anilines is 2. The molecule has 2 aliphatic rings. The van der Waals surface area contributed by atoms with E-state index in [0.717, 1.165) is 10.6 Å². The summed E-state index contributed by atoms with van der Waals surface area (Å²) in [5.74, 6) is -2.13. The Bertz CT molecular complexity index is 883. The van der Waals surface area contributed by atoms with Crippen LogP contribution in [0.15, 0.2) is 24.3 Å². The minimum Gasteiger partial charge on any atom is -0.444 e. The van der Waals surface area contributed by atoms with E-state index in [1.54, 1.807) is 29.2 Å². The number of hydrogen-bond donors (Lipinski definition) is 1. The van der Waals surface area contributed by atoms with Crippen LogP contribution in [-0.4, -0.2) is 78.8 Å². The van der Waals surface area contributed by atoms with Gasteiger partial charge in [0, 0.05) is 56.6 Å². The number of likely N-dealkylation sites (tertiary alicyclic amines) is 1. The van der Waals surface area contributed by atoms with Crippen molar-refractivity contribution in [2.75, 3.05) is 49.5 Å². The monoisotopic (exact) mass is 484 g/mol. The lowest BCUT2D eigenvalue weighted by Crippen LogP contribution is -2.52. The SMILES string of the molecule is CC(C)(C)OC(=O)N1CCC(C(=O)Nc2ccc(N3CCN(C(=O)C(F)(F)F)CC3)cc2)CC1. The minimum atomic E-state index is -4.85. The number of nitrogens with one attached hydrogen (secondary N) is 1. The Morgan fingerprint density at radius 2 is 1.44 bits per heavy atom. The van der Waals surface area contributed by atoms with E-state index in [-0.39, 0.29) is 31.0 Å². The first-order chi connectivity index (χ1) is 15.8. The maximum absolute atomic E-state index is 12.7. The summed E-state index contributed by atoms with van der Waals surface area (Å²) in [6, 6.07) is 7.08. The fourth-order valence-electron chi connectivity index (χ4n) is 4.00. The zero-order valence-corrected chi connectivity index (χ0v) is 19.7. The predicted octanol–water partition coefficient (Wildman–Crippen LogP) is 3.48. The van der Waals surface area contributed by atoms with E-state index in [2.05, 4.69) is 5.32 Å². The third-order valence-electron chi connectivity index (χ3n) is 5.83. The second-order valence-corrected chi connectivity index (χ2v) is 9.55. The number of benzene rings is 1. The van der Waals surface area contributed by atoms with Gasteiger partial charge < -0.3 is 24.8 Å². The Kier molecular flexibility index (Phi) is 7.62. The standard InChI is InChI=1S/C23H31F3N4O4/c1-22(2,3)34-21(33)30-10-8-16(9-11-30)19(31)27-17-4-6-18(7-5-17)28-12-14-29(15-13-28)20(32)23(24,25)26/h4-7,16H,8-15H2,1-3H3,(H,27,31). The molecule has 2 fully saturated rings. The van der Waals surface area contributed by atoms with E-state index < -0.39 is 17.7 Å². The molecule has 11 heteroatoms. The Morgan fingerprint density at radius 1 is 0.882 bits per heavy atom. The summed E-state index contributed by atoms with van der Waals surface area (Å²) in [6.07, 6.45) is -4.13. The number of rotatable bonds is 3. The second-order valence-electron chi connectivity index (χ2n) is 9.55. The number of piperidine rings is 1. The molecule has 0 radical (unpaired) electrons. The van der Waals surface area contributed by atoms with Crippen molar-refractivity contribution in [3.05, 3.63) is 24.3 Å². The summed E-state index contributed by atoms with van der Waals surface area (Å²) in [5, 5.41) is 2.89. The van der Waals surface area contributed by atoms with Gasteiger partial charge in [0.15, 0.2) is 0 Å². The summed E-state index contributed by atoms with van der Waals surface area (Å²) in [5.41, 5.74) is 0.864. The lowest BCUT2D eigenvalue weighted by molar-refractivity contribution is -0.185. The van der Waals surface area contributed by atoms with Gasteiger partial charge in [-0.05, 0) is 57.9 Å². The van der Waals surface area contributed by atoms with Gasteiger partial charge in [-0.15, -0.1) is 0 Å². The summed E-state index contributed by atoms with van der Waals surface area (Å²) < 4.78 is 43.1. The molecule has 2 heterocycles. The number of amides is 3. The molecule has 0 bridgehead atoms. The van der Waals surface area contributed by atoms with Crippen LogP contribution in [0.1, 0.15) is 33.6 Å². The fraction of sp³-hybridized carbons (Fsp3) is 0.609. The Hall–Kier alpha value is -2.98. The first-order valence-electron chi connectivity index (χ1n) is 11.3. The number of nitrogens with zero attached hydrogens (tertiary/aromatic N) is 3. The maximum atomic E-state index is 12.7. The highest BCUT2D eigenvalue weighted by Crippen LogP contribution is 2.25. The van der Waals surface area contributed by atoms with E-state index in [1.165, 1.54) is 0 Å². The van der Waals surface area contributed by atoms with Crippen LogP contribution in [0.4, 0.5) is 29.3 Å².